The molecule has 1 N–H and O–H groups in total. The molecule has 0 bridgehead atoms. The molecule has 22 heavy (non-hydrogen) atoms. The Kier molecular flexibility index (Phi) is 5.32. The number of methoxy groups -OCH3 is 1. The fourth-order valence-electron chi connectivity index (χ4n) is 2.18. The van der Waals surface area contributed by atoms with Crippen LogP contribution >= 0.6 is 0 Å². The molecule has 0 aromatic heterocycles. The number of aryl methyl sites for hydroxylation is 2. The number of terminal acetylenes is 1. The minimum Gasteiger partial charge on any atom is -0.493 e. The maximum absolute atomic E-state index is 5.45. The molecule has 2 aromatic rings. The van der Waals surface area contributed by atoms with Gasteiger partial charge in [0.1, 0.15) is 6.61 Å². The number of hydrogen-bond acceptors (Lipinski definition) is 3. The van der Waals surface area contributed by atoms with Gasteiger partial charge in [-0.1, -0.05) is 24.1 Å². The molecule has 0 amide bonds. The largest absolute Gasteiger partial charge is 0.493 e. The summed E-state index contributed by atoms with van der Waals surface area (Å²) in [6.07, 6.45) is 5.21. The first-order valence-electron chi connectivity index (χ1n) is 7.18. The van der Waals surface area contributed by atoms with Crippen LogP contribution in [0.5, 0.6) is 11.5 Å². The van der Waals surface area contributed by atoms with Crippen molar-refractivity contribution in [3.63, 3.8) is 0 Å². The lowest BCUT2D eigenvalue weighted by Crippen LogP contribution is -2.03. The van der Waals surface area contributed by atoms with Crippen LogP contribution in [0.25, 0.3) is 0 Å². The summed E-state index contributed by atoms with van der Waals surface area (Å²) in [4.78, 5) is 0. The Labute approximate surface area is 132 Å². The van der Waals surface area contributed by atoms with E-state index in [9.17, 15) is 0 Å². The third-order valence-electron chi connectivity index (χ3n) is 3.42. The zero-order valence-corrected chi connectivity index (χ0v) is 13.3. The second kappa shape index (κ2) is 7.42. The molecule has 0 spiro atoms. The number of rotatable bonds is 6. The van der Waals surface area contributed by atoms with Crippen LogP contribution in [0.1, 0.15) is 16.7 Å². The van der Waals surface area contributed by atoms with Gasteiger partial charge in [-0.3, -0.25) is 0 Å². The van der Waals surface area contributed by atoms with Crippen molar-refractivity contribution in [2.75, 3.05) is 19.0 Å². The summed E-state index contributed by atoms with van der Waals surface area (Å²) in [7, 11) is 1.62. The molecule has 2 rings (SSSR count). The molecule has 0 heterocycles. The zero-order valence-electron chi connectivity index (χ0n) is 13.3. The molecule has 114 valence electrons. The second-order valence-corrected chi connectivity index (χ2v) is 5.15. The van der Waals surface area contributed by atoms with Crippen LogP contribution in [-0.2, 0) is 6.54 Å². The number of nitrogens with one attached hydrogen (secondary N) is 1. The van der Waals surface area contributed by atoms with E-state index in [0.29, 0.717) is 11.5 Å². The third kappa shape index (κ3) is 3.95. The van der Waals surface area contributed by atoms with Crippen molar-refractivity contribution in [3.8, 4) is 23.8 Å². The van der Waals surface area contributed by atoms with Gasteiger partial charge in [-0.25, -0.2) is 0 Å². The van der Waals surface area contributed by atoms with Crippen LogP contribution in [0.2, 0.25) is 0 Å². The minimum atomic E-state index is 0.233. The Bertz CT molecular complexity index is 686. The first-order valence-corrected chi connectivity index (χ1v) is 7.18. The maximum atomic E-state index is 5.45. The van der Waals surface area contributed by atoms with Crippen LogP contribution < -0.4 is 14.8 Å². The van der Waals surface area contributed by atoms with Gasteiger partial charge >= 0.3 is 0 Å². The quantitative estimate of drug-likeness (QED) is 0.819. The van der Waals surface area contributed by atoms with E-state index in [1.54, 1.807) is 7.11 Å². The van der Waals surface area contributed by atoms with Gasteiger partial charge in [0.25, 0.3) is 0 Å². The van der Waals surface area contributed by atoms with Gasteiger partial charge in [0, 0.05) is 12.2 Å². The van der Waals surface area contributed by atoms with E-state index in [2.05, 4.69) is 43.3 Å². The van der Waals surface area contributed by atoms with Crippen molar-refractivity contribution >= 4 is 5.69 Å². The summed E-state index contributed by atoms with van der Waals surface area (Å²) in [6, 6.07) is 12.2. The molecule has 2 aromatic carbocycles. The number of anilines is 1. The Morgan fingerprint density at radius 3 is 2.64 bits per heavy atom. The Hall–Kier alpha value is -2.60. The van der Waals surface area contributed by atoms with E-state index >= 15 is 0 Å². The van der Waals surface area contributed by atoms with Crippen LogP contribution in [0.4, 0.5) is 5.69 Å². The van der Waals surface area contributed by atoms with Crippen LogP contribution in [0, 0.1) is 26.2 Å². The Morgan fingerprint density at radius 2 is 1.91 bits per heavy atom. The molecule has 0 aliphatic rings. The van der Waals surface area contributed by atoms with Crippen molar-refractivity contribution in [3.05, 3.63) is 53.1 Å². The Morgan fingerprint density at radius 1 is 1.09 bits per heavy atom. The summed E-state index contributed by atoms with van der Waals surface area (Å²) < 4.78 is 10.8. The number of benzene rings is 2. The third-order valence-corrected chi connectivity index (χ3v) is 3.42. The Balaban J connectivity index is 2.10. The lowest BCUT2D eigenvalue weighted by atomic mass is 10.1. The van der Waals surface area contributed by atoms with Crippen molar-refractivity contribution in [1.29, 1.82) is 0 Å². The topological polar surface area (TPSA) is 30.5 Å². The van der Waals surface area contributed by atoms with Gasteiger partial charge in [-0.15, -0.1) is 6.42 Å². The van der Waals surface area contributed by atoms with E-state index < -0.39 is 0 Å². The first kappa shape index (κ1) is 15.8. The number of hydrogen-bond donors (Lipinski definition) is 1. The summed E-state index contributed by atoms with van der Waals surface area (Å²) in [5.41, 5.74) is 4.73. The lowest BCUT2D eigenvalue weighted by molar-refractivity contribution is 0.330. The van der Waals surface area contributed by atoms with Gasteiger partial charge in [-0.05, 0) is 48.7 Å². The summed E-state index contributed by atoms with van der Waals surface area (Å²) in [5.74, 6) is 3.80. The fourth-order valence-corrected chi connectivity index (χ4v) is 2.18. The second-order valence-electron chi connectivity index (χ2n) is 5.15. The minimum absolute atomic E-state index is 0.233. The molecular weight excluding hydrogens is 274 g/mol. The van der Waals surface area contributed by atoms with Crippen LogP contribution in [0.3, 0.4) is 0 Å². The summed E-state index contributed by atoms with van der Waals surface area (Å²) in [5, 5.41) is 3.46. The molecule has 3 nitrogen and oxygen atoms in total. The highest BCUT2D eigenvalue weighted by molar-refractivity contribution is 5.53. The van der Waals surface area contributed by atoms with Gasteiger partial charge in [0.2, 0.25) is 0 Å². The summed E-state index contributed by atoms with van der Waals surface area (Å²) >= 11 is 0. The molecule has 0 unspecified atom stereocenters. The highest BCUT2D eigenvalue weighted by atomic mass is 16.5. The van der Waals surface area contributed by atoms with E-state index in [4.69, 9.17) is 15.9 Å². The maximum Gasteiger partial charge on any atom is 0.162 e. The summed E-state index contributed by atoms with van der Waals surface area (Å²) in [6.45, 7) is 5.14. The average molecular weight is 295 g/mol. The molecule has 0 aliphatic heterocycles. The van der Waals surface area contributed by atoms with Crippen molar-refractivity contribution in [2.45, 2.75) is 20.4 Å². The van der Waals surface area contributed by atoms with Crippen molar-refractivity contribution in [2.24, 2.45) is 0 Å². The predicted molar refractivity (Wildman–Crippen MR) is 90.6 cm³/mol. The van der Waals surface area contributed by atoms with E-state index in [1.807, 2.05) is 18.2 Å². The van der Waals surface area contributed by atoms with E-state index in [-0.39, 0.29) is 6.61 Å². The van der Waals surface area contributed by atoms with Crippen LogP contribution in [-0.4, -0.2) is 13.7 Å². The molecule has 3 heteroatoms. The predicted octanol–water partition coefficient (Wildman–Crippen LogP) is 3.94. The average Bonchev–Trinajstić information content (AvgIpc) is 2.54. The molecule has 0 radical (unpaired) electrons. The normalized spacial score (nSPS) is 9.91. The lowest BCUT2D eigenvalue weighted by Gasteiger charge is -2.13. The van der Waals surface area contributed by atoms with E-state index in [0.717, 1.165) is 17.8 Å². The fraction of sp³-hybridized carbons (Fsp3) is 0.263. The highest BCUT2D eigenvalue weighted by Crippen LogP contribution is 2.28. The standard InChI is InChI=1S/C19H21NO2/c1-5-10-22-18-9-8-16(12-19(18)21-4)13-20-17-11-14(2)6-7-15(17)3/h1,6-9,11-12,20H,10,13H2,2-4H3. The molecule has 0 saturated carbocycles. The van der Waals surface area contributed by atoms with Crippen molar-refractivity contribution in [1.82, 2.24) is 0 Å². The van der Waals surface area contributed by atoms with Gasteiger partial charge in [0.05, 0.1) is 7.11 Å². The number of ether oxygens (including phenoxy) is 2. The smallest absolute Gasteiger partial charge is 0.162 e. The van der Waals surface area contributed by atoms with E-state index in [1.165, 1.54) is 11.1 Å². The highest BCUT2D eigenvalue weighted by Gasteiger charge is 2.06. The zero-order chi connectivity index (χ0) is 15.9. The van der Waals surface area contributed by atoms with Gasteiger partial charge in [0.15, 0.2) is 11.5 Å². The van der Waals surface area contributed by atoms with Gasteiger partial charge < -0.3 is 14.8 Å². The molecular formula is C19H21NO2. The molecule has 0 atom stereocenters. The monoisotopic (exact) mass is 295 g/mol. The first-order chi connectivity index (χ1) is 10.6. The van der Waals surface area contributed by atoms with Gasteiger partial charge in [-0.2, -0.15) is 0 Å². The SMILES string of the molecule is C#CCOc1ccc(CNc2cc(C)ccc2C)cc1OC. The molecule has 0 aliphatic carbocycles. The molecule has 0 saturated heterocycles. The van der Waals surface area contributed by atoms with Crippen LogP contribution in [0.15, 0.2) is 36.4 Å². The van der Waals surface area contributed by atoms with Crippen molar-refractivity contribution < 1.29 is 9.47 Å². The molecule has 0 fully saturated rings.